The molecular formula is C18H13F2NO. The Morgan fingerprint density at radius 2 is 1.64 bits per heavy atom. The molecule has 3 rings (SSSR count). The van der Waals surface area contributed by atoms with E-state index in [1.807, 2.05) is 30.3 Å². The van der Waals surface area contributed by atoms with Crippen LogP contribution in [0.5, 0.6) is 0 Å². The molecule has 0 saturated carbocycles. The number of hydrogen-bond donors (Lipinski definition) is 0. The molecule has 0 aliphatic heterocycles. The van der Waals surface area contributed by atoms with Crippen molar-refractivity contribution >= 4 is 0 Å². The standard InChI is InChI=1S/C18H13F2NO/c19-16-8-6-15(17(20)10-16)12-21-11-14(7-9-18(21)22)13-4-2-1-3-5-13/h1-11H,12H2. The first-order valence-electron chi connectivity index (χ1n) is 6.83. The zero-order chi connectivity index (χ0) is 15.5. The molecule has 110 valence electrons. The lowest BCUT2D eigenvalue weighted by atomic mass is 10.1. The minimum Gasteiger partial charge on any atom is -0.310 e. The predicted molar refractivity (Wildman–Crippen MR) is 81.6 cm³/mol. The molecule has 3 aromatic rings. The fourth-order valence-corrected chi connectivity index (χ4v) is 2.29. The Morgan fingerprint density at radius 1 is 0.864 bits per heavy atom. The SMILES string of the molecule is O=c1ccc(-c2ccccc2)cn1Cc1ccc(F)cc1F. The Kier molecular flexibility index (Phi) is 3.83. The third kappa shape index (κ3) is 2.96. The van der Waals surface area contributed by atoms with Crippen molar-refractivity contribution < 1.29 is 8.78 Å². The Labute approximate surface area is 126 Å². The number of pyridine rings is 1. The van der Waals surface area contributed by atoms with Gasteiger partial charge in [0.05, 0.1) is 6.54 Å². The highest BCUT2D eigenvalue weighted by atomic mass is 19.1. The lowest BCUT2D eigenvalue weighted by Crippen LogP contribution is -2.19. The lowest BCUT2D eigenvalue weighted by molar-refractivity contribution is 0.564. The van der Waals surface area contributed by atoms with Crippen LogP contribution >= 0.6 is 0 Å². The molecule has 2 nitrogen and oxygen atoms in total. The van der Waals surface area contributed by atoms with Crippen molar-refractivity contribution in [2.75, 3.05) is 0 Å². The Hall–Kier alpha value is -2.75. The molecule has 0 aliphatic rings. The summed E-state index contributed by atoms with van der Waals surface area (Å²) >= 11 is 0. The molecule has 0 amide bonds. The van der Waals surface area contributed by atoms with Crippen LogP contribution in [0.2, 0.25) is 0 Å². The molecule has 2 aromatic carbocycles. The molecule has 0 radical (unpaired) electrons. The number of benzene rings is 2. The molecule has 4 heteroatoms. The molecule has 0 fully saturated rings. The highest BCUT2D eigenvalue weighted by Crippen LogP contribution is 2.18. The summed E-state index contributed by atoms with van der Waals surface area (Å²) < 4.78 is 28.1. The molecule has 0 spiro atoms. The maximum atomic E-state index is 13.7. The molecular weight excluding hydrogens is 284 g/mol. The van der Waals surface area contributed by atoms with Gasteiger partial charge in [0.15, 0.2) is 0 Å². The molecule has 0 unspecified atom stereocenters. The normalized spacial score (nSPS) is 10.6. The van der Waals surface area contributed by atoms with Gasteiger partial charge in [-0.3, -0.25) is 4.79 Å². The van der Waals surface area contributed by atoms with E-state index in [9.17, 15) is 13.6 Å². The first kappa shape index (κ1) is 14.2. The third-order valence-electron chi connectivity index (χ3n) is 3.45. The fourth-order valence-electron chi connectivity index (χ4n) is 2.29. The Balaban J connectivity index is 1.99. The largest absolute Gasteiger partial charge is 0.310 e. The first-order valence-corrected chi connectivity index (χ1v) is 6.83. The van der Waals surface area contributed by atoms with E-state index in [2.05, 4.69) is 0 Å². The predicted octanol–water partition coefficient (Wildman–Crippen LogP) is 3.84. The van der Waals surface area contributed by atoms with Gasteiger partial charge in [0.25, 0.3) is 5.56 Å². The minimum atomic E-state index is -0.656. The van der Waals surface area contributed by atoms with Gasteiger partial charge in [0.2, 0.25) is 0 Å². The van der Waals surface area contributed by atoms with Crippen molar-refractivity contribution in [1.82, 2.24) is 4.57 Å². The van der Waals surface area contributed by atoms with Crippen LogP contribution in [0.1, 0.15) is 5.56 Å². The van der Waals surface area contributed by atoms with Crippen LogP contribution in [0.4, 0.5) is 8.78 Å². The van der Waals surface area contributed by atoms with Gasteiger partial charge >= 0.3 is 0 Å². The summed E-state index contributed by atoms with van der Waals surface area (Å²) in [5.74, 6) is -1.29. The van der Waals surface area contributed by atoms with Gasteiger partial charge in [-0.05, 0) is 23.3 Å². The fraction of sp³-hybridized carbons (Fsp3) is 0.0556. The minimum absolute atomic E-state index is 0.0611. The zero-order valence-electron chi connectivity index (χ0n) is 11.7. The quantitative estimate of drug-likeness (QED) is 0.720. The molecule has 0 aliphatic carbocycles. The summed E-state index contributed by atoms with van der Waals surface area (Å²) in [4.78, 5) is 12.0. The monoisotopic (exact) mass is 297 g/mol. The summed E-state index contributed by atoms with van der Waals surface area (Å²) in [6.45, 7) is 0.0611. The van der Waals surface area contributed by atoms with Crippen molar-refractivity contribution in [3.63, 3.8) is 0 Å². The molecule has 0 bridgehead atoms. The summed E-state index contributed by atoms with van der Waals surface area (Å²) in [7, 11) is 0. The highest BCUT2D eigenvalue weighted by molar-refractivity contribution is 5.61. The summed E-state index contributed by atoms with van der Waals surface area (Å²) in [5, 5.41) is 0. The van der Waals surface area contributed by atoms with E-state index in [-0.39, 0.29) is 17.7 Å². The van der Waals surface area contributed by atoms with Crippen LogP contribution in [-0.2, 0) is 6.54 Å². The average molecular weight is 297 g/mol. The van der Waals surface area contributed by atoms with Crippen LogP contribution in [0.25, 0.3) is 11.1 Å². The smallest absolute Gasteiger partial charge is 0.250 e. The second-order valence-corrected chi connectivity index (χ2v) is 4.99. The van der Waals surface area contributed by atoms with Gasteiger partial charge in [-0.2, -0.15) is 0 Å². The van der Waals surface area contributed by atoms with Crippen molar-refractivity contribution in [3.8, 4) is 11.1 Å². The maximum absolute atomic E-state index is 13.7. The zero-order valence-corrected chi connectivity index (χ0v) is 11.7. The van der Waals surface area contributed by atoms with Crippen molar-refractivity contribution in [2.24, 2.45) is 0 Å². The second-order valence-electron chi connectivity index (χ2n) is 4.99. The van der Waals surface area contributed by atoms with E-state index >= 15 is 0 Å². The van der Waals surface area contributed by atoms with Gasteiger partial charge in [0, 0.05) is 23.9 Å². The van der Waals surface area contributed by atoms with Gasteiger partial charge in [0.1, 0.15) is 11.6 Å². The molecule has 1 heterocycles. The second kappa shape index (κ2) is 5.93. The number of halogens is 2. The number of aromatic nitrogens is 1. The highest BCUT2D eigenvalue weighted by Gasteiger charge is 2.07. The van der Waals surface area contributed by atoms with Gasteiger partial charge in [-0.15, -0.1) is 0 Å². The number of hydrogen-bond acceptors (Lipinski definition) is 1. The molecule has 0 saturated heterocycles. The van der Waals surface area contributed by atoms with Crippen molar-refractivity contribution in [3.05, 3.63) is 94.4 Å². The molecule has 0 atom stereocenters. The lowest BCUT2D eigenvalue weighted by Gasteiger charge is -2.09. The van der Waals surface area contributed by atoms with E-state index in [0.29, 0.717) is 0 Å². The van der Waals surface area contributed by atoms with Crippen LogP contribution in [-0.4, -0.2) is 4.57 Å². The average Bonchev–Trinajstić information content (AvgIpc) is 2.53. The van der Waals surface area contributed by atoms with E-state index in [0.717, 1.165) is 17.2 Å². The van der Waals surface area contributed by atoms with E-state index in [1.54, 1.807) is 12.3 Å². The van der Waals surface area contributed by atoms with E-state index < -0.39 is 11.6 Å². The van der Waals surface area contributed by atoms with E-state index in [1.165, 1.54) is 22.8 Å². The summed E-state index contributed by atoms with van der Waals surface area (Å²) in [5.41, 5.74) is 1.87. The first-order chi connectivity index (χ1) is 10.6. The molecule has 1 aromatic heterocycles. The summed E-state index contributed by atoms with van der Waals surface area (Å²) in [6.07, 6.45) is 1.68. The van der Waals surface area contributed by atoms with Crippen molar-refractivity contribution in [1.29, 1.82) is 0 Å². The Morgan fingerprint density at radius 3 is 2.36 bits per heavy atom. The summed E-state index contributed by atoms with van der Waals surface area (Å²) in [6, 6.07) is 16.1. The number of rotatable bonds is 3. The number of nitrogens with zero attached hydrogens (tertiary/aromatic N) is 1. The van der Waals surface area contributed by atoms with Crippen LogP contribution in [0, 0.1) is 11.6 Å². The van der Waals surface area contributed by atoms with Crippen molar-refractivity contribution in [2.45, 2.75) is 6.54 Å². The maximum Gasteiger partial charge on any atom is 0.250 e. The van der Waals surface area contributed by atoms with Crippen LogP contribution < -0.4 is 5.56 Å². The molecule has 0 N–H and O–H groups in total. The molecule has 22 heavy (non-hydrogen) atoms. The van der Waals surface area contributed by atoms with Crippen LogP contribution in [0.15, 0.2) is 71.7 Å². The Bertz CT molecular complexity index is 856. The van der Waals surface area contributed by atoms with Gasteiger partial charge in [-0.25, -0.2) is 8.78 Å². The van der Waals surface area contributed by atoms with E-state index in [4.69, 9.17) is 0 Å². The third-order valence-corrected chi connectivity index (χ3v) is 3.45. The van der Waals surface area contributed by atoms with Gasteiger partial charge in [-0.1, -0.05) is 36.4 Å². The van der Waals surface area contributed by atoms with Crippen LogP contribution in [0.3, 0.4) is 0 Å². The topological polar surface area (TPSA) is 22.0 Å². The van der Waals surface area contributed by atoms with Gasteiger partial charge < -0.3 is 4.57 Å².